The summed E-state index contributed by atoms with van der Waals surface area (Å²) < 4.78 is 0. The van der Waals surface area contributed by atoms with Gasteiger partial charge in [0.25, 0.3) is 10.9 Å². The molecule has 0 fully saturated rings. The molecular formula is C12H12N4O3. The molecule has 0 unspecified atom stereocenters. The van der Waals surface area contributed by atoms with Crippen LogP contribution in [0.3, 0.4) is 0 Å². The normalized spacial score (nSPS) is 12.1. The second kappa shape index (κ2) is 4.99. The number of aromatic nitrogens is 1. The van der Waals surface area contributed by atoms with E-state index >= 15 is 0 Å². The Labute approximate surface area is 108 Å². The Morgan fingerprint density at radius 2 is 1.79 bits per heavy atom. The summed E-state index contributed by atoms with van der Waals surface area (Å²) in [6.45, 7) is 1.48. The topological polar surface area (TPSA) is 114 Å². The second-order valence-electron chi connectivity index (χ2n) is 4.05. The van der Waals surface area contributed by atoms with Crippen LogP contribution in [0.15, 0.2) is 34.1 Å². The van der Waals surface area contributed by atoms with Gasteiger partial charge in [-0.2, -0.15) is 0 Å². The van der Waals surface area contributed by atoms with Crippen LogP contribution in [0.2, 0.25) is 0 Å². The van der Waals surface area contributed by atoms with Crippen molar-refractivity contribution < 1.29 is 4.79 Å². The van der Waals surface area contributed by atoms with Crippen molar-refractivity contribution >= 4 is 23.0 Å². The molecule has 0 aliphatic heterocycles. The van der Waals surface area contributed by atoms with Crippen LogP contribution in [-0.4, -0.2) is 16.9 Å². The Hall–Kier alpha value is -2.54. The average molecular weight is 260 g/mol. The van der Waals surface area contributed by atoms with E-state index < -0.39 is 22.8 Å². The number of nitrogens with one attached hydrogen (secondary N) is 2. The third-order valence-corrected chi connectivity index (χ3v) is 2.52. The fourth-order valence-electron chi connectivity index (χ4n) is 1.45. The SMILES string of the molecule is C[C@H](N)C(=O)Nc1c(Nc2ccncc2)c(=O)c1=O. The number of hydrogen-bond donors (Lipinski definition) is 3. The van der Waals surface area contributed by atoms with Crippen molar-refractivity contribution in [1.82, 2.24) is 4.98 Å². The highest BCUT2D eigenvalue weighted by Crippen LogP contribution is 2.19. The van der Waals surface area contributed by atoms with E-state index in [1.165, 1.54) is 19.3 Å². The van der Waals surface area contributed by atoms with E-state index in [2.05, 4.69) is 15.6 Å². The maximum Gasteiger partial charge on any atom is 0.253 e. The maximum absolute atomic E-state index is 11.5. The van der Waals surface area contributed by atoms with Gasteiger partial charge in [-0.15, -0.1) is 0 Å². The summed E-state index contributed by atoms with van der Waals surface area (Å²) >= 11 is 0. The fraction of sp³-hybridized carbons (Fsp3) is 0.167. The number of rotatable bonds is 4. The molecule has 0 spiro atoms. The van der Waals surface area contributed by atoms with Gasteiger partial charge in [-0.05, 0) is 19.1 Å². The number of carbonyl (C=O) groups excluding carboxylic acids is 1. The summed E-state index contributed by atoms with van der Waals surface area (Å²) in [5.74, 6) is -0.523. The first kappa shape index (κ1) is 12.9. The highest BCUT2D eigenvalue weighted by molar-refractivity contribution is 5.99. The van der Waals surface area contributed by atoms with Crippen LogP contribution in [0.25, 0.3) is 0 Å². The van der Waals surface area contributed by atoms with Gasteiger partial charge in [-0.3, -0.25) is 19.4 Å². The molecule has 19 heavy (non-hydrogen) atoms. The summed E-state index contributed by atoms with van der Waals surface area (Å²) in [5.41, 5.74) is 4.59. The minimum Gasteiger partial charge on any atom is -0.350 e. The summed E-state index contributed by atoms with van der Waals surface area (Å²) in [4.78, 5) is 38.1. The Morgan fingerprint density at radius 1 is 1.21 bits per heavy atom. The summed E-state index contributed by atoms with van der Waals surface area (Å²) in [6, 6.07) is 2.50. The van der Waals surface area contributed by atoms with E-state index in [0.29, 0.717) is 5.69 Å². The number of anilines is 3. The first-order valence-corrected chi connectivity index (χ1v) is 5.57. The van der Waals surface area contributed by atoms with Crippen molar-refractivity contribution in [2.75, 3.05) is 10.6 Å². The first-order valence-electron chi connectivity index (χ1n) is 5.57. The maximum atomic E-state index is 11.5. The van der Waals surface area contributed by atoms with Gasteiger partial charge in [0.2, 0.25) is 5.91 Å². The summed E-state index contributed by atoms with van der Waals surface area (Å²) in [6.07, 6.45) is 3.07. The van der Waals surface area contributed by atoms with Crippen LogP contribution in [0, 0.1) is 0 Å². The Balaban J connectivity index is 2.23. The zero-order chi connectivity index (χ0) is 14.0. The van der Waals surface area contributed by atoms with E-state index in [4.69, 9.17) is 5.73 Å². The van der Waals surface area contributed by atoms with Gasteiger partial charge in [0.15, 0.2) is 0 Å². The molecule has 1 amide bonds. The van der Waals surface area contributed by atoms with E-state index in [0.717, 1.165) is 0 Å². The first-order chi connectivity index (χ1) is 9.00. The minimum atomic E-state index is -0.766. The Kier molecular flexibility index (Phi) is 3.39. The number of nitrogens with two attached hydrogens (primary N) is 1. The quantitative estimate of drug-likeness (QED) is 0.651. The van der Waals surface area contributed by atoms with Crippen LogP contribution in [0.4, 0.5) is 17.1 Å². The molecule has 0 radical (unpaired) electrons. The molecule has 0 saturated heterocycles. The highest BCUT2D eigenvalue weighted by Gasteiger charge is 2.23. The molecule has 0 saturated carbocycles. The number of carbonyl (C=O) groups is 1. The third kappa shape index (κ3) is 2.50. The van der Waals surface area contributed by atoms with E-state index in [1.807, 2.05) is 0 Å². The minimum absolute atomic E-state index is 0.0517. The molecule has 1 atom stereocenters. The number of amides is 1. The van der Waals surface area contributed by atoms with Crippen molar-refractivity contribution in [1.29, 1.82) is 0 Å². The lowest BCUT2D eigenvalue weighted by atomic mass is 10.1. The van der Waals surface area contributed by atoms with Crippen LogP contribution in [0.5, 0.6) is 0 Å². The number of nitrogens with zero attached hydrogens (tertiary/aromatic N) is 1. The largest absolute Gasteiger partial charge is 0.350 e. The Morgan fingerprint density at radius 3 is 2.37 bits per heavy atom. The molecule has 2 aromatic rings. The molecule has 7 nitrogen and oxygen atoms in total. The van der Waals surface area contributed by atoms with Gasteiger partial charge >= 0.3 is 0 Å². The number of hydrogen-bond acceptors (Lipinski definition) is 6. The van der Waals surface area contributed by atoms with E-state index in [9.17, 15) is 14.4 Å². The molecule has 0 aliphatic carbocycles. The van der Waals surface area contributed by atoms with Gasteiger partial charge in [0.1, 0.15) is 11.4 Å². The van der Waals surface area contributed by atoms with Gasteiger partial charge in [0, 0.05) is 18.1 Å². The van der Waals surface area contributed by atoms with E-state index in [1.54, 1.807) is 12.1 Å². The lowest BCUT2D eigenvalue weighted by molar-refractivity contribution is -0.117. The molecule has 2 rings (SSSR count). The molecule has 1 aromatic heterocycles. The fourth-order valence-corrected chi connectivity index (χ4v) is 1.45. The molecule has 1 aromatic carbocycles. The molecule has 1 heterocycles. The molecule has 7 heteroatoms. The van der Waals surface area contributed by atoms with Gasteiger partial charge in [0.05, 0.1) is 6.04 Å². The lowest BCUT2D eigenvalue weighted by Gasteiger charge is -2.14. The predicted molar refractivity (Wildman–Crippen MR) is 71.2 cm³/mol. The average Bonchev–Trinajstić information content (AvgIpc) is 2.42. The van der Waals surface area contributed by atoms with Crippen LogP contribution in [-0.2, 0) is 4.79 Å². The Bertz CT molecular complexity index is 672. The third-order valence-electron chi connectivity index (χ3n) is 2.52. The molecule has 0 aliphatic rings. The molecule has 98 valence electrons. The molecule has 4 N–H and O–H groups in total. The van der Waals surface area contributed by atoms with Crippen LogP contribution >= 0.6 is 0 Å². The summed E-state index contributed by atoms with van der Waals surface area (Å²) in [5, 5.41) is 5.10. The van der Waals surface area contributed by atoms with Crippen LogP contribution in [0.1, 0.15) is 6.92 Å². The molecule has 0 bridgehead atoms. The summed E-state index contributed by atoms with van der Waals surface area (Å²) in [7, 11) is 0. The second-order valence-corrected chi connectivity index (χ2v) is 4.05. The number of pyridine rings is 1. The lowest BCUT2D eigenvalue weighted by Crippen LogP contribution is -2.41. The van der Waals surface area contributed by atoms with Gasteiger partial charge in [-0.1, -0.05) is 0 Å². The van der Waals surface area contributed by atoms with Crippen molar-refractivity contribution in [3.05, 3.63) is 45.0 Å². The van der Waals surface area contributed by atoms with Gasteiger partial charge in [-0.25, -0.2) is 0 Å². The predicted octanol–water partition coefficient (Wildman–Crippen LogP) is -0.293. The van der Waals surface area contributed by atoms with Crippen molar-refractivity contribution in [3.8, 4) is 0 Å². The van der Waals surface area contributed by atoms with E-state index in [-0.39, 0.29) is 11.4 Å². The zero-order valence-electron chi connectivity index (χ0n) is 10.1. The van der Waals surface area contributed by atoms with Gasteiger partial charge < -0.3 is 16.4 Å². The van der Waals surface area contributed by atoms with Crippen molar-refractivity contribution in [3.63, 3.8) is 0 Å². The smallest absolute Gasteiger partial charge is 0.253 e. The monoisotopic (exact) mass is 260 g/mol. The standard InChI is InChI=1S/C12H12N4O3/c1-6(13)12(19)16-9-8(10(17)11(9)18)15-7-2-4-14-5-3-7/h2-6H,13H2,1H3,(H,14,15)(H,16,19)/t6-/m0/s1. The van der Waals surface area contributed by atoms with Crippen molar-refractivity contribution in [2.24, 2.45) is 5.73 Å². The van der Waals surface area contributed by atoms with Crippen LogP contribution < -0.4 is 27.2 Å². The van der Waals surface area contributed by atoms with Crippen molar-refractivity contribution in [2.45, 2.75) is 13.0 Å². The highest BCUT2D eigenvalue weighted by atomic mass is 16.2. The zero-order valence-corrected chi connectivity index (χ0v) is 10.1. The molecular weight excluding hydrogens is 248 g/mol.